The molecule has 0 atom stereocenters. The van der Waals surface area contributed by atoms with E-state index in [1.165, 1.54) is 31.2 Å². The van der Waals surface area contributed by atoms with Gasteiger partial charge in [-0.2, -0.15) is 0 Å². The Morgan fingerprint density at radius 1 is 0.857 bits per heavy atom. The van der Waals surface area contributed by atoms with Gasteiger partial charge < -0.3 is 10.1 Å². The number of ether oxygens (including phenoxy) is 1. The van der Waals surface area contributed by atoms with E-state index < -0.39 is 17.8 Å². The van der Waals surface area contributed by atoms with Gasteiger partial charge in [-0.05, 0) is 86.1 Å². The SMILES string of the molecule is CC(=O)c1ccc(OC(=O)c2ccc(NC3=C(Cl)C(=O)N(c4ccc(Cl)cc4C)C3=O)cc2)cc1. The second kappa shape index (κ2) is 9.74. The van der Waals surface area contributed by atoms with Crippen molar-refractivity contribution in [2.45, 2.75) is 13.8 Å². The molecule has 4 rings (SSSR count). The Kier molecular flexibility index (Phi) is 6.73. The van der Waals surface area contributed by atoms with Crippen LogP contribution in [0.2, 0.25) is 5.02 Å². The van der Waals surface area contributed by atoms with Crippen LogP contribution in [0.5, 0.6) is 5.75 Å². The molecule has 0 radical (unpaired) electrons. The van der Waals surface area contributed by atoms with Gasteiger partial charge in [-0.1, -0.05) is 23.2 Å². The number of aryl methyl sites for hydroxylation is 1. The van der Waals surface area contributed by atoms with Crippen molar-refractivity contribution in [3.05, 3.63) is 99.2 Å². The highest BCUT2D eigenvalue weighted by atomic mass is 35.5. The van der Waals surface area contributed by atoms with Crippen molar-refractivity contribution in [2.75, 3.05) is 10.2 Å². The first kappa shape index (κ1) is 24.2. The fraction of sp³-hybridized carbons (Fsp3) is 0.0769. The van der Waals surface area contributed by atoms with E-state index in [2.05, 4.69) is 5.32 Å². The lowest BCUT2D eigenvalue weighted by Gasteiger charge is -2.17. The predicted molar refractivity (Wildman–Crippen MR) is 133 cm³/mol. The third kappa shape index (κ3) is 4.96. The summed E-state index contributed by atoms with van der Waals surface area (Å²) < 4.78 is 5.32. The van der Waals surface area contributed by atoms with E-state index in [9.17, 15) is 19.2 Å². The minimum atomic E-state index is -0.652. The van der Waals surface area contributed by atoms with Gasteiger partial charge in [-0.25, -0.2) is 9.69 Å². The van der Waals surface area contributed by atoms with Crippen LogP contribution in [-0.4, -0.2) is 23.6 Å². The van der Waals surface area contributed by atoms with Gasteiger partial charge >= 0.3 is 5.97 Å². The molecule has 3 aromatic rings. The van der Waals surface area contributed by atoms with Crippen LogP contribution in [0.25, 0.3) is 0 Å². The molecular formula is C26H18Cl2N2O5. The second-order valence-electron chi connectivity index (χ2n) is 7.74. The summed E-state index contributed by atoms with van der Waals surface area (Å²) in [5.41, 5.74) is 2.16. The van der Waals surface area contributed by atoms with Crippen LogP contribution < -0.4 is 15.0 Å². The molecule has 0 aliphatic carbocycles. The number of amides is 2. The molecule has 1 N–H and O–H groups in total. The zero-order valence-corrected chi connectivity index (χ0v) is 20.1. The molecule has 0 aromatic heterocycles. The first-order valence-electron chi connectivity index (χ1n) is 10.4. The lowest BCUT2D eigenvalue weighted by atomic mass is 10.1. The molecule has 0 spiro atoms. The Hall–Kier alpha value is -3.94. The normalized spacial score (nSPS) is 13.3. The highest BCUT2D eigenvalue weighted by Gasteiger charge is 2.39. The minimum Gasteiger partial charge on any atom is -0.423 e. The summed E-state index contributed by atoms with van der Waals surface area (Å²) in [6, 6.07) is 17.2. The molecule has 3 aromatic carbocycles. The third-order valence-electron chi connectivity index (χ3n) is 5.29. The first-order chi connectivity index (χ1) is 16.7. The van der Waals surface area contributed by atoms with E-state index in [0.717, 1.165) is 4.90 Å². The summed E-state index contributed by atoms with van der Waals surface area (Å²) in [4.78, 5) is 50.5. The van der Waals surface area contributed by atoms with Gasteiger partial charge in [0, 0.05) is 16.3 Å². The van der Waals surface area contributed by atoms with Gasteiger partial charge in [0.05, 0.1) is 11.3 Å². The predicted octanol–water partition coefficient (Wildman–Crippen LogP) is 5.51. The molecule has 0 bridgehead atoms. The molecule has 1 aliphatic heterocycles. The van der Waals surface area contributed by atoms with Crippen LogP contribution in [0.4, 0.5) is 11.4 Å². The molecule has 1 heterocycles. The van der Waals surface area contributed by atoms with E-state index in [1.54, 1.807) is 49.4 Å². The largest absolute Gasteiger partial charge is 0.423 e. The smallest absolute Gasteiger partial charge is 0.343 e. The van der Waals surface area contributed by atoms with E-state index in [0.29, 0.717) is 33.3 Å². The molecular weight excluding hydrogens is 491 g/mol. The van der Waals surface area contributed by atoms with Gasteiger partial charge in [0.15, 0.2) is 5.78 Å². The van der Waals surface area contributed by atoms with Crippen LogP contribution in [-0.2, 0) is 9.59 Å². The summed E-state index contributed by atoms with van der Waals surface area (Å²) >= 11 is 12.2. The lowest BCUT2D eigenvalue weighted by molar-refractivity contribution is -0.120. The van der Waals surface area contributed by atoms with Gasteiger partial charge in [0.1, 0.15) is 16.5 Å². The fourth-order valence-electron chi connectivity index (χ4n) is 3.46. The Balaban J connectivity index is 1.47. The summed E-state index contributed by atoms with van der Waals surface area (Å²) in [7, 11) is 0. The van der Waals surface area contributed by atoms with Crippen molar-refractivity contribution < 1.29 is 23.9 Å². The number of Topliss-reactive ketones (excluding diaryl/α,β-unsaturated/α-hetero) is 1. The number of anilines is 2. The summed E-state index contributed by atoms with van der Waals surface area (Å²) in [6.45, 7) is 3.18. The van der Waals surface area contributed by atoms with E-state index in [4.69, 9.17) is 27.9 Å². The number of benzene rings is 3. The Morgan fingerprint density at radius 2 is 1.49 bits per heavy atom. The van der Waals surface area contributed by atoms with Gasteiger partial charge in [-0.3, -0.25) is 14.4 Å². The van der Waals surface area contributed by atoms with Crippen LogP contribution in [0, 0.1) is 6.92 Å². The third-order valence-corrected chi connectivity index (χ3v) is 5.87. The highest BCUT2D eigenvalue weighted by molar-refractivity contribution is 6.53. The van der Waals surface area contributed by atoms with E-state index in [1.807, 2.05) is 0 Å². The van der Waals surface area contributed by atoms with Crippen molar-refractivity contribution in [2.24, 2.45) is 0 Å². The molecule has 176 valence electrons. The molecule has 0 unspecified atom stereocenters. The average molecular weight is 509 g/mol. The van der Waals surface area contributed by atoms with E-state index in [-0.39, 0.29) is 22.1 Å². The lowest BCUT2D eigenvalue weighted by Crippen LogP contribution is -2.32. The number of nitrogens with zero attached hydrogens (tertiary/aromatic N) is 1. The number of imide groups is 1. The number of hydrogen-bond acceptors (Lipinski definition) is 6. The molecule has 0 saturated carbocycles. The fourth-order valence-corrected chi connectivity index (χ4v) is 3.90. The summed E-state index contributed by atoms with van der Waals surface area (Å²) in [6.07, 6.45) is 0. The maximum Gasteiger partial charge on any atom is 0.343 e. The number of esters is 1. The number of ketones is 1. The van der Waals surface area contributed by atoms with Crippen molar-refractivity contribution in [3.63, 3.8) is 0 Å². The number of nitrogens with one attached hydrogen (secondary N) is 1. The average Bonchev–Trinajstić information content (AvgIpc) is 3.03. The second-order valence-corrected chi connectivity index (χ2v) is 8.55. The van der Waals surface area contributed by atoms with Crippen LogP contribution in [0.1, 0.15) is 33.2 Å². The number of rotatable bonds is 6. The zero-order valence-electron chi connectivity index (χ0n) is 18.6. The zero-order chi connectivity index (χ0) is 25.3. The molecule has 7 nitrogen and oxygen atoms in total. The van der Waals surface area contributed by atoms with Crippen LogP contribution in [0.15, 0.2) is 77.5 Å². The Bertz CT molecular complexity index is 1400. The number of halogens is 2. The molecule has 9 heteroatoms. The molecule has 0 fully saturated rings. The Morgan fingerprint density at radius 3 is 2.09 bits per heavy atom. The highest BCUT2D eigenvalue weighted by Crippen LogP contribution is 2.33. The number of hydrogen-bond donors (Lipinski definition) is 1. The first-order valence-corrected chi connectivity index (χ1v) is 11.2. The molecule has 35 heavy (non-hydrogen) atoms. The van der Waals surface area contributed by atoms with Crippen molar-refractivity contribution in [1.82, 2.24) is 0 Å². The van der Waals surface area contributed by atoms with Crippen LogP contribution in [0.3, 0.4) is 0 Å². The van der Waals surface area contributed by atoms with Gasteiger partial charge in [0.25, 0.3) is 11.8 Å². The standard InChI is InChI=1S/C26H18Cl2N2O5/c1-14-13-18(27)7-12-21(14)30-24(32)22(28)23(25(30)33)29-19-8-3-17(4-9-19)26(34)35-20-10-5-16(6-11-20)15(2)31/h3-13,29H,1-2H3. The van der Waals surface area contributed by atoms with Crippen molar-refractivity contribution in [1.29, 1.82) is 0 Å². The number of carbonyl (C=O) groups excluding carboxylic acids is 4. The summed E-state index contributed by atoms with van der Waals surface area (Å²) in [5.74, 6) is -1.65. The Labute approximate surface area is 210 Å². The van der Waals surface area contributed by atoms with Gasteiger partial charge in [-0.15, -0.1) is 0 Å². The maximum atomic E-state index is 13.0. The van der Waals surface area contributed by atoms with Crippen molar-refractivity contribution >= 4 is 58.1 Å². The summed E-state index contributed by atoms with van der Waals surface area (Å²) in [5, 5.41) is 3.09. The monoisotopic (exact) mass is 508 g/mol. The van der Waals surface area contributed by atoms with Crippen LogP contribution >= 0.6 is 23.2 Å². The quantitative estimate of drug-likeness (QED) is 0.204. The van der Waals surface area contributed by atoms with Gasteiger partial charge in [0.2, 0.25) is 0 Å². The molecule has 1 aliphatic rings. The number of carbonyl (C=O) groups is 4. The topological polar surface area (TPSA) is 92.8 Å². The maximum absolute atomic E-state index is 13.0. The minimum absolute atomic E-state index is 0.0769. The van der Waals surface area contributed by atoms with Crippen molar-refractivity contribution in [3.8, 4) is 5.75 Å². The molecule has 2 amide bonds. The van der Waals surface area contributed by atoms with E-state index >= 15 is 0 Å². The molecule has 0 saturated heterocycles.